The maximum absolute atomic E-state index is 12.7. The maximum atomic E-state index is 12.7. The van der Waals surface area contributed by atoms with Crippen LogP contribution < -0.4 is 52.3 Å². The second kappa shape index (κ2) is 29.9. The van der Waals surface area contributed by atoms with Gasteiger partial charge in [0.1, 0.15) is 0 Å². The third-order valence-corrected chi connectivity index (χ3v) is 20.3. The van der Waals surface area contributed by atoms with Gasteiger partial charge in [-0.15, -0.1) is 0 Å². The first-order valence-corrected chi connectivity index (χ1v) is 35.7. The zero-order valence-corrected chi connectivity index (χ0v) is 59.1. The molecule has 0 unspecified atom stereocenters. The van der Waals surface area contributed by atoms with E-state index >= 15 is 0 Å². The number of benzene rings is 9. The predicted octanol–water partition coefficient (Wildman–Crippen LogP) is 12.6. The number of aryl methyl sites for hydroxylation is 2. The molecular formula is C83H78ClN15O5. The van der Waals surface area contributed by atoms with Gasteiger partial charge in [0, 0.05) is 104 Å². The Labute approximate surface area is 604 Å². The van der Waals surface area contributed by atoms with Crippen molar-refractivity contribution in [1.82, 2.24) is 47.8 Å². The van der Waals surface area contributed by atoms with Crippen LogP contribution in [0.3, 0.4) is 0 Å². The van der Waals surface area contributed by atoms with Gasteiger partial charge in [-0.1, -0.05) is 169 Å². The summed E-state index contributed by atoms with van der Waals surface area (Å²) in [5, 5.41) is 4.22. The largest absolute Gasteiger partial charge is 0.343 e. The van der Waals surface area contributed by atoms with Crippen LogP contribution in [0.25, 0.3) is 54.5 Å². The van der Waals surface area contributed by atoms with Crippen LogP contribution in [0.15, 0.2) is 248 Å². The van der Waals surface area contributed by atoms with E-state index in [1.165, 1.54) is 27.8 Å². The molecule has 0 radical (unpaired) electrons. The van der Waals surface area contributed by atoms with Gasteiger partial charge in [0.15, 0.2) is 0 Å². The Morgan fingerprint density at radius 3 is 0.971 bits per heavy atom. The summed E-state index contributed by atoms with van der Waals surface area (Å²) in [5.41, 5.74) is 11.5. The number of likely N-dealkylation sites (N-methyl/N-ethyl adjacent to an activating group) is 1. The van der Waals surface area contributed by atoms with E-state index in [1.54, 1.807) is 13.7 Å². The van der Waals surface area contributed by atoms with Gasteiger partial charge < -0.3 is 24.5 Å². The molecule has 0 aliphatic carbocycles. The van der Waals surface area contributed by atoms with Gasteiger partial charge in [0.25, 0.3) is 27.8 Å². The minimum absolute atomic E-state index is 0.0299. The fourth-order valence-corrected chi connectivity index (χ4v) is 14.5. The average Bonchev–Trinajstić information content (AvgIpc) is 0.958. The first kappa shape index (κ1) is 67.8. The van der Waals surface area contributed by atoms with Gasteiger partial charge in [0.2, 0.25) is 29.7 Å². The van der Waals surface area contributed by atoms with E-state index in [9.17, 15) is 24.0 Å². The molecule has 0 saturated heterocycles. The summed E-state index contributed by atoms with van der Waals surface area (Å²) in [7, 11) is 1.96. The van der Waals surface area contributed by atoms with E-state index in [1.807, 2.05) is 191 Å². The van der Waals surface area contributed by atoms with Crippen molar-refractivity contribution in [1.29, 1.82) is 0 Å². The molecule has 0 bridgehead atoms. The van der Waals surface area contributed by atoms with E-state index < -0.39 is 0 Å². The summed E-state index contributed by atoms with van der Waals surface area (Å²) in [4.78, 5) is 96.7. The molecule has 0 saturated carbocycles. The first-order chi connectivity index (χ1) is 50.8. The van der Waals surface area contributed by atoms with Crippen LogP contribution in [-0.2, 0) is 58.9 Å². The van der Waals surface area contributed by atoms with E-state index in [0.29, 0.717) is 46.6 Å². The molecule has 522 valence electrons. The Bertz CT molecular complexity index is 5720. The second-order valence-corrected chi connectivity index (χ2v) is 27.1. The molecule has 104 heavy (non-hydrogen) atoms. The van der Waals surface area contributed by atoms with Crippen LogP contribution in [0, 0.1) is 13.8 Å². The molecule has 5 aliphatic heterocycles. The molecule has 0 fully saturated rings. The van der Waals surface area contributed by atoms with Crippen LogP contribution in [-0.4, -0.2) is 87.5 Å². The summed E-state index contributed by atoms with van der Waals surface area (Å²) in [5.74, 6) is 3.87. The van der Waals surface area contributed by atoms with E-state index in [-0.39, 0.29) is 27.8 Å². The average molecular weight is 1400 g/mol. The molecule has 5 aromatic heterocycles. The second-order valence-electron chi connectivity index (χ2n) is 26.7. The zero-order valence-electron chi connectivity index (χ0n) is 58.3. The number of aromatic nitrogens is 10. The number of hydrogen-bond acceptors (Lipinski definition) is 15. The number of fused-ring (bicyclic) bond motifs is 10. The monoisotopic (exact) mass is 1400 g/mol. The molecule has 10 heterocycles. The van der Waals surface area contributed by atoms with Crippen LogP contribution in [0.4, 0.5) is 29.7 Å². The highest BCUT2D eigenvalue weighted by atomic mass is 35.5. The van der Waals surface area contributed by atoms with Crippen molar-refractivity contribution in [2.24, 2.45) is 0 Å². The van der Waals surface area contributed by atoms with Gasteiger partial charge in [-0.25, -0.2) is 24.9 Å². The number of halogens is 1. The lowest BCUT2D eigenvalue weighted by Gasteiger charge is -2.31. The summed E-state index contributed by atoms with van der Waals surface area (Å²) >= 11 is 6.24. The highest BCUT2D eigenvalue weighted by Gasteiger charge is 2.28. The topological polar surface area (TPSA) is 191 Å². The molecule has 19 rings (SSSR count). The van der Waals surface area contributed by atoms with Crippen LogP contribution in [0.2, 0.25) is 5.02 Å². The maximum Gasteiger partial charge on any atom is 0.262 e. The van der Waals surface area contributed by atoms with Crippen LogP contribution >= 0.6 is 11.6 Å². The quantitative estimate of drug-likeness (QED) is 0.139. The Morgan fingerprint density at radius 2 is 0.577 bits per heavy atom. The van der Waals surface area contributed by atoms with Crippen molar-refractivity contribution in [3.63, 3.8) is 0 Å². The summed E-state index contributed by atoms with van der Waals surface area (Å²) in [6.07, 6.45) is 1.94. The SMILES string of the molecule is CN1CCn2c1nc1ccccc1c2=O.Cc1ccccc1CN1CCCn2c1nc1ccccc1c2=O.Cc1ccccc1CN1CCn2c1nc1ccccc1c2=O.O=c1c2ccccc2nc2n1CCCN2Cc1ccccc1.O=c1c2ccccc2nc2n1CCN2Cc1ccccc1Cl. The number of rotatable bonds is 8. The molecular weight excluding hydrogens is 1320 g/mol. The van der Waals surface area contributed by atoms with Crippen molar-refractivity contribution in [2.75, 3.05) is 64.3 Å². The Morgan fingerprint density at radius 1 is 0.288 bits per heavy atom. The molecule has 20 nitrogen and oxygen atoms in total. The lowest BCUT2D eigenvalue weighted by molar-refractivity contribution is 0.534. The molecule has 0 amide bonds. The van der Waals surface area contributed by atoms with Crippen molar-refractivity contribution < 1.29 is 0 Å². The third kappa shape index (κ3) is 13.8. The highest BCUT2D eigenvalue weighted by molar-refractivity contribution is 6.31. The Hall–Kier alpha value is -12.0. The first-order valence-electron chi connectivity index (χ1n) is 35.4. The van der Waals surface area contributed by atoms with Gasteiger partial charge in [-0.3, -0.25) is 46.8 Å². The third-order valence-electron chi connectivity index (χ3n) is 19.9. The minimum Gasteiger partial charge on any atom is -0.343 e. The van der Waals surface area contributed by atoms with Gasteiger partial charge in [-0.2, -0.15) is 0 Å². The number of hydrogen-bond donors (Lipinski definition) is 0. The van der Waals surface area contributed by atoms with Gasteiger partial charge in [-0.05, 0) is 127 Å². The van der Waals surface area contributed by atoms with Crippen molar-refractivity contribution in [3.05, 3.63) is 315 Å². The van der Waals surface area contributed by atoms with E-state index in [0.717, 1.165) is 153 Å². The van der Waals surface area contributed by atoms with Crippen molar-refractivity contribution in [3.8, 4) is 0 Å². The van der Waals surface area contributed by atoms with Gasteiger partial charge in [0.05, 0.1) is 54.5 Å². The predicted molar refractivity (Wildman–Crippen MR) is 417 cm³/mol. The molecule has 0 N–H and O–H groups in total. The van der Waals surface area contributed by atoms with E-state index in [2.05, 4.69) is 98.0 Å². The van der Waals surface area contributed by atoms with Gasteiger partial charge >= 0.3 is 0 Å². The lowest BCUT2D eigenvalue weighted by atomic mass is 10.1. The fourth-order valence-electron chi connectivity index (χ4n) is 14.3. The van der Waals surface area contributed by atoms with Crippen molar-refractivity contribution in [2.45, 2.75) is 85.6 Å². The molecule has 0 spiro atoms. The van der Waals surface area contributed by atoms with E-state index in [4.69, 9.17) is 26.6 Å². The molecule has 14 aromatic rings. The summed E-state index contributed by atoms with van der Waals surface area (Å²) in [6, 6.07) is 72.5. The van der Waals surface area contributed by atoms with Crippen LogP contribution in [0.5, 0.6) is 0 Å². The minimum atomic E-state index is 0.0299. The molecule has 0 atom stereocenters. The summed E-state index contributed by atoms with van der Waals surface area (Å²) in [6.45, 7) is 15.2. The summed E-state index contributed by atoms with van der Waals surface area (Å²) < 4.78 is 8.92. The normalized spacial score (nSPS) is 13.9. The molecule has 9 aromatic carbocycles. The molecule has 5 aliphatic rings. The smallest absolute Gasteiger partial charge is 0.262 e. The fraction of sp³-hybridized carbons (Fsp3) is 0.229. The number of nitrogens with zero attached hydrogens (tertiary/aromatic N) is 15. The molecule has 21 heteroatoms. The standard InChI is InChI=1S/C19H19N3O.2C18H17N3O.C17H14ClN3O.C11H11N3O/c1-14-7-2-3-8-15(14)13-21-11-6-12-22-18(23)16-9-4-5-10-17(16)20-19(21)22;1-13-6-2-3-7-14(13)12-20-10-11-21-17(22)15-8-4-5-9-16(15)19-18(20)21;22-17-15-9-4-5-10-16(15)19-18-20(11-6-12-21(17)18)13-14-7-2-1-3-8-14;18-14-7-3-1-5-12(14)11-20-9-10-21-16(22)13-6-2-4-8-15(13)19-17(20)21;1-13-6-7-14-10(15)8-4-2-3-5-9(8)12-11(13)14/h2-5,7-10H,6,11-13H2,1H3;2-9H,10-12H2,1H3;1-5,7-10H,6,11-13H2;1-8H,9-11H2;2-5H,6-7H2,1H3. The number of para-hydroxylation sites is 5. The van der Waals surface area contributed by atoms with Crippen LogP contribution in [0.1, 0.15) is 46.2 Å². The van der Waals surface area contributed by atoms with Crippen molar-refractivity contribution >= 4 is 95.9 Å². The number of anilines is 5. The highest BCUT2D eigenvalue weighted by Crippen LogP contribution is 2.29. The Balaban J connectivity index is 0.000000105. The lowest BCUT2D eigenvalue weighted by Crippen LogP contribution is -2.38. The Kier molecular flexibility index (Phi) is 19.5. The zero-order chi connectivity index (χ0) is 71.4.